The summed E-state index contributed by atoms with van der Waals surface area (Å²) >= 11 is 1.71. The van der Waals surface area contributed by atoms with Gasteiger partial charge in [-0.15, -0.1) is 11.3 Å². The summed E-state index contributed by atoms with van der Waals surface area (Å²) in [6, 6.07) is 7.33. The Morgan fingerprint density at radius 2 is 2.05 bits per heavy atom. The van der Waals surface area contributed by atoms with Crippen LogP contribution in [0.1, 0.15) is 38.7 Å². The Kier molecular flexibility index (Phi) is 5.11. The maximum atomic E-state index is 4.45. The van der Waals surface area contributed by atoms with Crippen molar-refractivity contribution in [2.45, 2.75) is 45.7 Å². The largest absolute Gasteiger partial charge is 0.371 e. The summed E-state index contributed by atoms with van der Waals surface area (Å²) in [7, 11) is 0. The minimum Gasteiger partial charge on any atom is -0.371 e. The van der Waals surface area contributed by atoms with Crippen LogP contribution in [0.4, 0.5) is 5.69 Å². The summed E-state index contributed by atoms with van der Waals surface area (Å²) in [4.78, 5) is 7.00. The van der Waals surface area contributed by atoms with Crippen LogP contribution in [0.5, 0.6) is 0 Å². The Labute approximate surface area is 137 Å². The molecule has 0 unspecified atom stereocenters. The van der Waals surface area contributed by atoms with Gasteiger partial charge in [-0.05, 0) is 43.0 Å². The van der Waals surface area contributed by atoms with Crippen LogP contribution in [-0.4, -0.2) is 24.1 Å². The second kappa shape index (κ2) is 7.25. The molecular formula is C18H25N3S. The highest BCUT2D eigenvalue weighted by Crippen LogP contribution is 2.30. The summed E-state index contributed by atoms with van der Waals surface area (Å²) in [6.07, 6.45) is 5.87. The molecule has 3 nitrogen and oxygen atoms in total. The topological polar surface area (TPSA) is 28.2 Å². The van der Waals surface area contributed by atoms with E-state index in [1.54, 1.807) is 11.3 Å². The van der Waals surface area contributed by atoms with Gasteiger partial charge in [-0.2, -0.15) is 0 Å². The molecule has 0 aliphatic carbocycles. The predicted molar refractivity (Wildman–Crippen MR) is 95.6 cm³/mol. The highest BCUT2D eigenvalue weighted by Gasteiger charge is 2.15. The first kappa shape index (κ1) is 15.5. The number of nitrogens with one attached hydrogen (secondary N) is 1. The smallest absolute Gasteiger partial charge is 0.123 e. The maximum Gasteiger partial charge on any atom is 0.123 e. The van der Waals surface area contributed by atoms with E-state index in [0.29, 0.717) is 6.04 Å². The first-order valence-corrected chi connectivity index (χ1v) is 9.13. The fraction of sp³-hybridized carbons (Fsp3) is 0.500. The molecule has 1 saturated heterocycles. The highest BCUT2D eigenvalue weighted by molar-refractivity contribution is 7.13. The van der Waals surface area contributed by atoms with Crippen LogP contribution in [0.2, 0.25) is 0 Å². The Hall–Kier alpha value is -1.39. The number of piperidine rings is 1. The Balaban J connectivity index is 1.90. The molecule has 22 heavy (non-hydrogen) atoms. The molecule has 3 rings (SSSR count). The molecule has 2 heterocycles. The highest BCUT2D eigenvalue weighted by atomic mass is 32.1. The Morgan fingerprint density at radius 1 is 1.23 bits per heavy atom. The van der Waals surface area contributed by atoms with Crippen molar-refractivity contribution in [1.82, 2.24) is 10.3 Å². The van der Waals surface area contributed by atoms with E-state index in [1.807, 2.05) is 11.6 Å². The van der Waals surface area contributed by atoms with Crippen molar-refractivity contribution in [3.63, 3.8) is 0 Å². The molecule has 0 spiro atoms. The predicted octanol–water partition coefficient (Wildman–Crippen LogP) is 4.30. The van der Waals surface area contributed by atoms with E-state index in [0.717, 1.165) is 11.6 Å². The van der Waals surface area contributed by atoms with Crippen molar-refractivity contribution < 1.29 is 0 Å². The van der Waals surface area contributed by atoms with E-state index in [-0.39, 0.29) is 0 Å². The lowest BCUT2D eigenvalue weighted by Crippen LogP contribution is -2.31. The van der Waals surface area contributed by atoms with Crippen LogP contribution in [-0.2, 0) is 6.54 Å². The van der Waals surface area contributed by atoms with E-state index in [9.17, 15) is 0 Å². The second-order valence-electron chi connectivity index (χ2n) is 6.26. The lowest BCUT2D eigenvalue weighted by atomic mass is 10.0. The zero-order valence-electron chi connectivity index (χ0n) is 13.5. The molecule has 1 fully saturated rings. The Morgan fingerprint density at radius 3 is 2.73 bits per heavy atom. The van der Waals surface area contributed by atoms with Crippen molar-refractivity contribution >= 4 is 17.0 Å². The van der Waals surface area contributed by atoms with Crippen LogP contribution in [0.15, 0.2) is 29.8 Å². The number of thiazole rings is 1. The zero-order valence-corrected chi connectivity index (χ0v) is 14.3. The first-order chi connectivity index (χ1) is 10.7. The van der Waals surface area contributed by atoms with E-state index in [1.165, 1.54) is 49.2 Å². The van der Waals surface area contributed by atoms with Gasteiger partial charge in [0.2, 0.25) is 0 Å². The van der Waals surface area contributed by atoms with Gasteiger partial charge < -0.3 is 10.2 Å². The SMILES string of the molecule is CC(C)NCc1cc(-c2nccs2)ccc1N1CCCCC1. The van der Waals surface area contributed by atoms with Gasteiger partial charge >= 0.3 is 0 Å². The summed E-state index contributed by atoms with van der Waals surface area (Å²) in [5, 5.41) is 6.72. The summed E-state index contributed by atoms with van der Waals surface area (Å²) < 4.78 is 0. The van der Waals surface area contributed by atoms with Gasteiger partial charge in [-0.25, -0.2) is 4.98 Å². The molecule has 0 saturated carbocycles. The third-order valence-corrected chi connectivity index (χ3v) is 4.98. The molecule has 0 amide bonds. The van der Waals surface area contributed by atoms with Gasteiger partial charge in [0.15, 0.2) is 0 Å². The van der Waals surface area contributed by atoms with Crippen LogP contribution in [0.25, 0.3) is 10.6 Å². The minimum absolute atomic E-state index is 0.498. The van der Waals surface area contributed by atoms with E-state index in [2.05, 4.69) is 47.2 Å². The van der Waals surface area contributed by atoms with Gasteiger partial charge in [-0.3, -0.25) is 0 Å². The number of anilines is 1. The number of hydrogen-bond acceptors (Lipinski definition) is 4. The average molecular weight is 315 g/mol. The van der Waals surface area contributed by atoms with Gasteiger partial charge in [0.05, 0.1) is 0 Å². The van der Waals surface area contributed by atoms with Gasteiger partial charge in [-0.1, -0.05) is 13.8 Å². The number of hydrogen-bond donors (Lipinski definition) is 1. The summed E-state index contributed by atoms with van der Waals surface area (Å²) in [6.45, 7) is 7.69. The molecule has 0 bridgehead atoms. The molecule has 0 radical (unpaired) electrons. The number of aromatic nitrogens is 1. The van der Waals surface area contributed by atoms with Gasteiger partial charge in [0.25, 0.3) is 0 Å². The fourth-order valence-corrected chi connectivity index (χ4v) is 3.62. The molecular weight excluding hydrogens is 290 g/mol. The normalized spacial score (nSPS) is 15.5. The van der Waals surface area contributed by atoms with Crippen molar-refractivity contribution in [3.05, 3.63) is 35.3 Å². The fourth-order valence-electron chi connectivity index (χ4n) is 2.98. The minimum atomic E-state index is 0.498. The maximum absolute atomic E-state index is 4.45. The van der Waals surface area contributed by atoms with Crippen LogP contribution in [0, 0.1) is 0 Å². The Bertz CT molecular complexity index is 586. The molecule has 0 atom stereocenters. The third kappa shape index (κ3) is 3.68. The van der Waals surface area contributed by atoms with E-state index < -0.39 is 0 Å². The lowest BCUT2D eigenvalue weighted by molar-refractivity contribution is 0.566. The molecule has 1 aromatic heterocycles. The monoisotopic (exact) mass is 315 g/mol. The molecule has 1 aliphatic heterocycles. The van der Waals surface area contributed by atoms with Crippen molar-refractivity contribution in [3.8, 4) is 10.6 Å². The number of benzene rings is 1. The van der Waals surface area contributed by atoms with E-state index in [4.69, 9.17) is 0 Å². The summed E-state index contributed by atoms with van der Waals surface area (Å²) in [5.41, 5.74) is 4.02. The first-order valence-electron chi connectivity index (χ1n) is 8.25. The molecule has 2 aromatic rings. The summed E-state index contributed by atoms with van der Waals surface area (Å²) in [5.74, 6) is 0. The number of nitrogens with zero attached hydrogens (tertiary/aromatic N) is 2. The van der Waals surface area contributed by atoms with Gasteiger partial charge in [0.1, 0.15) is 5.01 Å². The van der Waals surface area contributed by atoms with Crippen LogP contribution >= 0.6 is 11.3 Å². The average Bonchev–Trinajstić information content (AvgIpc) is 3.08. The van der Waals surface area contributed by atoms with Crippen molar-refractivity contribution in [2.75, 3.05) is 18.0 Å². The molecule has 1 N–H and O–H groups in total. The van der Waals surface area contributed by atoms with Crippen LogP contribution in [0.3, 0.4) is 0 Å². The van der Waals surface area contributed by atoms with Crippen LogP contribution < -0.4 is 10.2 Å². The molecule has 4 heteroatoms. The quantitative estimate of drug-likeness (QED) is 0.891. The standard InChI is InChI=1S/C18H25N3S/c1-14(2)20-13-16-12-15(18-19-8-11-22-18)6-7-17(16)21-9-4-3-5-10-21/h6-8,11-12,14,20H,3-5,9-10,13H2,1-2H3. The zero-order chi connectivity index (χ0) is 15.4. The molecule has 1 aliphatic rings. The number of rotatable bonds is 5. The molecule has 118 valence electrons. The van der Waals surface area contributed by atoms with Gasteiger partial charge in [0, 0.05) is 48.5 Å². The van der Waals surface area contributed by atoms with Crippen molar-refractivity contribution in [2.24, 2.45) is 0 Å². The second-order valence-corrected chi connectivity index (χ2v) is 7.16. The molecule has 1 aromatic carbocycles. The van der Waals surface area contributed by atoms with E-state index >= 15 is 0 Å². The lowest BCUT2D eigenvalue weighted by Gasteiger charge is -2.31. The third-order valence-electron chi connectivity index (χ3n) is 4.16. The van der Waals surface area contributed by atoms with Crippen molar-refractivity contribution in [1.29, 1.82) is 0 Å².